The first-order valence-electron chi connectivity index (χ1n) is 5.45. The molecule has 0 saturated heterocycles. The van der Waals surface area contributed by atoms with Gasteiger partial charge in [-0.1, -0.05) is 24.3 Å². The molecule has 0 rings (SSSR count). The molecule has 3 N–H and O–H groups in total. The van der Waals surface area contributed by atoms with Gasteiger partial charge in [0.1, 0.15) is 0 Å². The highest BCUT2D eigenvalue weighted by molar-refractivity contribution is 5.00. The van der Waals surface area contributed by atoms with Gasteiger partial charge in [-0.3, -0.25) is 0 Å². The molecule has 3 heteroatoms. The van der Waals surface area contributed by atoms with Gasteiger partial charge in [-0.25, -0.2) is 0 Å². The number of rotatable bonds is 8. The van der Waals surface area contributed by atoms with Crippen LogP contribution in [0, 0.1) is 0 Å². The Morgan fingerprint density at radius 3 is 2.33 bits per heavy atom. The van der Waals surface area contributed by atoms with Gasteiger partial charge in [-0.2, -0.15) is 0 Å². The quantitative estimate of drug-likeness (QED) is 0.535. The highest BCUT2D eigenvalue weighted by Crippen LogP contribution is 2.08. The molecule has 88 valence electrons. The molecule has 2 atom stereocenters. The van der Waals surface area contributed by atoms with Gasteiger partial charge in [0.15, 0.2) is 0 Å². The second-order valence-corrected chi connectivity index (χ2v) is 3.59. The Kier molecular flexibility index (Phi) is 9.48. The Balaban J connectivity index is 3.52. The molecule has 0 fully saturated rings. The van der Waals surface area contributed by atoms with Gasteiger partial charge in [0.25, 0.3) is 0 Å². The summed E-state index contributed by atoms with van der Waals surface area (Å²) in [6.07, 6.45) is 8.87. The lowest BCUT2D eigenvalue weighted by atomic mass is 10.1. The smallest absolute Gasteiger partial charge is 0.0586 e. The minimum absolute atomic E-state index is 0.0327. The average Bonchev–Trinajstić information content (AvgIpc) is 2.17. The predicted octanol–water partition coefficient (Wildman–Crippen LogP) is 1.39. The van der Waals surface area contributed by atoms with Crippen molar-refractivity contribution < 1.29 is 15.3 Å². The van der Waals surface area contributed by atoms with Crippen LogP contribution in [-0.2, 0) is 0 Å². The summed E-state index contributed by atoms with van der Waals surface area (Å²) in [4.78, 5) is 0. The van der Waals surface area contributed by atoms with E-state index in [9.17, 15) is 10.2 Å². The van der Waals surface area contributed by atoms with E-state index >= 15 is 0 Å². The van der Waals surface area contributed by atoms with Crippen LogP contribution < -0.4 is 0 Å². The summed E-state index contributed by atoms with van der Waals surface area (Å²) < 4.78 is 0. The standard InChI is InChI=1S/C12H22O3/c1-2-3-4-5-6-7-11(14)10-12(15)8-9-13/h2-5,11-15H,6-10H2,1H3/b3-2+,5-4+. The van der Waals surface area contributed by atoms with Crippen molar-refractivity contribution in [3.05, 3.63) is 24.3 Å². The first kappa shape index (κ1) is 14.4. The fourth-order valence-electron chi connectivity index (χ4n) is 1.27. The fourth-order valence-corrected chi connectivity index (χ4v) is 1.27. The molecule has 3 nitrogen and oxygen atoms in total. The molecule has 0 radical (unpaired) electrons. The topological polar surface area (TPSA) is 60.7 Å². The van der Waals surface area contributed by atoms with Crippen LogP contribution in [0.1, 0.15) is 32.6 Å². The molecule has 0 aliphatic rings. The molecule has 0 aromatic carbocycles. The van der Waals surface area contributed by atoms with E-state index in [1.807, 2.05) is 31.2 Å². The maximum atomic E-state index is 9.51. The number of allylic oxidation sites excluding steroid dienone is 4. The van der Waals surface area contributed by atoms with E-state index in [-0.39, 0.29) is 6.61 Å². The zero-order chi connectivity index (χ0) is 11.5. The summed E-state index contributed by atoms with van der Waals surface area (Å²) in [6, 6.07) is 0. The maximum Gasteiger partial charge on any atom is 0.0586 e. The molecule has 0 aliphatic carbocycles. The van der Waals surface area contributed by atoms with E-state index in [0.29, 0.717) is 19.3 Å². The maximum absolute atomic E-state index is 9.51. The lowest BCUT2D eigenvalue weighted by Crippen LogP contribution is -2.18. The molecule has 0 amide bonds. The van der Waals surface area contributed by atoms with Gasteiger partial charge in [-0.05, 0) is 32.6 Å². The zero-order valence-corrected chi connectivity index (χ0v) is 9.34. The first-order chi connectivity index (χ1) is 7.20. The van der Waals surface area contributed by atoms with Crippen molar-refractivity contribution in [2.45, 2.75) is 44.8 Å². The van der Waals surface area contributed by atoms with E-state index in [1.54, 1.807) is 0 Å². The first-order valence-corrected chi connectivity index (χ1v) is 5.45. The van der Waals surface area contributed by atoms with Crippen molar-refractivity contribution in [3.63, 3.8) is 0 Å². The third kappa shape index (κ3) is 9.66. The van der Waals surface area contributed by atoms with Gasteiger partial charge in [0.05, 0.1) is 12.2 Å². The Labute approximate surface area is 91.8 Å². The highest BCUT2D eigenvalue weighted by Gasteiger charge is 2.10. The third-order valence-electron chi connectivity index (χ3n) is 2.11. The molecular weight excluding hydrogens is 192 g/mol. The Hall–Kier alpha value is -0.640. The van der Waals surface area contributed by atoms with Gasteiger partial charge in [0.2, 0.25) is 0 Å². The van der Waals surface area contributed by atoms with Crippen LogP contribution in [0.5, 0.6) is 0 Å². The molecule has 0 spiro atoms. The van der Waals surface area contributed by atoms with Crippen LogP contribution in [0.25, 0.3) is 0 Å². The summed E-state index contributed by atoms with van der Waals surface area (Å²) in [5.74, 6) is 0. The largest absolute Gasteiger partial charge is 0.396 e. The van der Waals surface area contributed by atoms with Crippen LogP contribution in [0.15, 0.2) is 24.3 Å². The average molecular weight is 214 g/mol. The van der Waals surface area contributed by atoms with Crippen molar-refractivity contribution in [1.29, 1.82) is 0 Å². The lowest BCUT2D eigenvalue weighted by Gasteiger charge is -2.13. The molecule has 0 aliphatic heterocycles. The summed E-state index contributed by atoms with van der Waals surface area (Å²) in [5, 5.41) is 27.4. The normalized spacial score (nSPS) is 16.3. The summed E-state index contributed by atoms with van der Waals surface area (Å²) in [5.41, 5.74) is 0. The zero-order valence-electron chi connectivity index (χ0n) is 9.34. The summed E-state index contributed by atoms with van der Waals surface area (Å²) in [6.45, 7) is 1.92. The van der Waals surface area contributed by atoms with Crippen LogP contribution in [0.2, 0.25) is 0 Å². The van der Waals surface area contributed by atoms with Crippen molar-refractivity contribution in [3.8, 4) is 0 Å². The molecule has 0 aromatic rings. The van der Waals surface area contributed by atoms with Gasteiger partial charge in [0, 0.05) is 6.61 Å². The Bertz CT molecular complexity index is 187. The fraction of sp³-hybridized carbons (Fsp3) is 0.667. The van der Waals surface area contributed by atoms with Gasteiger partial charge >= 0.3 is 0 Å². The van der Waals surface area contributed by atoms with Crippen LogP contribution in [-0.4, -0.2) is 34.1 Å². The molecule has 0 saturated carbocycles. The number of aliphatic hydroxyl groups is 3. The summed E-state index contributed by atoms with van der Waals surface area (Å²) >= 11 is 0. The predicted molar refractivity (Wildman–Crippen MR) is 61.5 cm³/mol. The summed E-state index contributed by atoms with van der Waals surface area (Å²) in [7, 11) is 0. The lowest BCUT2D eigenvalue weighted by molar-refractivity contribution is 0.0608. The van der Waals surface area contributed by atoms with Crippen molar-refractivity contribution in [1.82, 2.24) is 0 Å². The number of hydrogen-bond acceptors (Lipinski definition) is 3. The monoisotopic (exact) mass is 214 g/mol. The second-order valence-electron chi connectivity index (χ2n) is 3.59. The SMILES string of the molecule is C/C=C/C=C/CCC(O)CC(O)CCO. The van der Waals surface area contributed by atoms with Gasteiger partial charge in [-0.15, -0.1) is 0 Å². The van der Waals surface area contributed by atoms with E-state index in [1.165, 1.54) is 0 Å². The molecule has 15 heavy (non-hydrogen) atoms. The molecule has 0 bridgehead atoms. The molecule has 2 unspecified atom stereocenters. The number of hydrogen-bond donors (Lipinski definition) is 3. The van der Waals surface area contributed by atoms with E-state index in [0.717, 1.165) is 6.42 Å². The van der Waals surface area contributed by atoms with Crippen molar-refractivity contribution in [2.24, 2.45) is 0 Å². The van der Waals surface area contributed by atoms with Gasteiger partial charge < -0.3 is 15.3 Å². The van der Waals surface area contributed by atoms with Crippen LogP contribution in [0.4, 0.5) is 0 Å². The Morgan fingerprint density at radius 1 is 1.07 bits per heavy atom. The van der Waals surface area contributed by atoms with Crippen LogP contribution in [0.3, 0.4) is 0 Å². The van der Waals surface area contributed by atoms with E-state index < -0.39 is 12.2 Å². The third-order valence-corrected chi connectivity index (χ3v) is 2.11. The molecule has 0 aromatic heterocycles. The molecular formula is C12H22O3. The van der Waals surface area contributed by atoms with E-state index in [4.69, 9.17) is 5.11 Å². The minimum Gasteiger partial charge on any atom is -0.396 e. The second kappa shape index (κ2) is 9.90. The Morgan fingerprint density at radius 2 is 1.73 bits per heavy atom. The van der Waals surface area contributed by atoms with E-state index in [2.05, 4.69) is 0 Å². The van der Waals surface area contributed by atoms with Crippen molar-refractivity contribution >= 4 is 0 Å². The molecule has 0 heterocycles. The minimum atomic E-state index is -0.593. The highest BCUT2D eigenvalue weighted by atomic mass is 16.3. The van der Waals surface area contributed by atoms with Crippen molar-refractivity contribution in [2.75, 3.05) is 6.61 Å². The van der Waals surface area contributed by atoms with Crippen LogP contribution >= 0.6 is 0 Å². The number of aliphatic hydroxyl groups excluding tert-OH is 3.